The Morgan fingerprint density at radius 1 is 1.26 bits per heavy atom. The van der Waals surface area contributed by atoms with Crippen LogP contribution in [0.1, 0.15) is 41.0 Å². The zero-order chi connectivity index (χ0) is 19.0. The molecule has 0 spiro atoms. The molecule has 2 aromatic rings. The van der Waals surface area contributed by atoms with Crippen molar-refractivity contribution in [1.29, 1.82) is 0 Å². The predicted molar refractivity (Wildman–Crippen MR) is 100 cm³/mol. The molecule has 2 fully saturated rings. The second kappa shape index (κ2) is 6.96. The summed E-state index contributed by atoms with van der Waals surface area (Å²) in [7, 11) is 0. The zero-order valence-corrected chi connectivity index (χ0v) is 15.9. The van der Waals surface area contributed by atoms with Gasteiger partial charge < -0.3 is 10.2 Å². The molecular weight excluding hydrogens is 366 g/mol. The predicted octanol–water partition coefficient (Wildman–Crippen LogP) is 2.12. The van der Waals surface area contributed by atoms with Crippen molar-refractivity contribution in [3.05, 3.63) is 46.2 Å². The summed E-state index contributed by atoms with van der Waals surface area (Å²) in [5, 5.41) is 14.1. The van der Waals surface area contributed by atoms with Crippen molar-refractivity contribution in [2.45, 2.75) is 38.6 Å². The molecule has 1 saturated carbocycles. The van der Waals surface area contributed by atoms with E-state index in [0.717, 1.165) is 24.8 Å². The van der Waals surface area contributed by atoms with E-state index in [4.69, 9.17) is 11.6 Å². The molecule has 1 aliphatic carbocycles. The van der Waals surface area contributed by atoms with Crippen LogP contribution in [-0.4, -0.2) is 51.3 Å². The van der Waals surface area contributed by atoms with E-state index in [2.05, 4.69) is 20.7 Å². The lowest BCUT2D eigenvalue weighted by atomic mass is 9.73. The quantitative estimate of drug-likeness (QED) is 0.822. The van der Waals surface area contributed by atoms with Crippen LogP contribution >= 0.6 is 11.6 Å². The molecule has 1 aromatic carbocycles. The Labute approximate surface area is 162 Å². The van der Waals surface area contributed by atoms with Crippen molar-refractivity contribution < 1.29 is 9.59 Å². The second-order valence-electron chi connectivity index (χ2n) is 7.60. The van der Waals surface area contributed by atoms with E-state index in [1.807, 2.05) is 24.3 Å². The lowest BCUT2D eigenvalue weighted by Crippen LogP contribution is -2.66. The fourth-order valence-corrected chi connectivity index (χ4v) is 3.81. The summed E-state index contributed by atoms with van der Waals surface area (Å²) in [5.41, 5.74) is 1.30. The van der Waals surface area contributed by atoms with Crippen LogP contribution in [-0.2, 0) is 11.2 Å². The fourth-order valence-electron chi connectivity index (χ4n) is 3.68. The van der Waals surface area contributed by atoms with Gasteiger partial charge in [-0.15, -0.1) is 0 Å². The molecule has 142 valence electrons. The fraction of sp³-hybridized carbons (Fsp3) is 0.474. The van der Waals surface area contributed by atoms with E-state index in [1.54, 1.807) is 11.8 Å². The third-order valence-electron chi connectivity index (χ3n) is 5.58. The number of H-pyrrole nitrogens is 1. The van der Waals surface area contributed by atoms with E-state index < -0.39 is 5.41 Å². The van der Waals surface area contributed by atoms with Gasteiger partial charge in [0.1, 0.15) is 0 Å². The zero-order valence-electron chi connectivity index (χ0n) is 15.2. The number of carbonyl (C=O) groups excluding carboxylic acids is 2. The molecule has 27 heavy (non-hydrogen) atoms. The smallest absolute Gasteiger partial charge is 0.276 e. The molecule has 0 radical (unpaired) electrons. The summed E-state index contributed by atoms with van der Waals surface area (Å²) in [6.07, 6.45) is 3.79. The van der Waals surface area contributed by atoms with Gasteiger partial charge in [-0.05, 0) is 50.3 Å². The van der Waals surface area contributed by atoms with Crippen LogP contribution in [0.2, 0.25) is 5.02 Å². The topological polar surface area (TPSA) is 91.0 Å². The number of aromatic amines is 1. The van der Waals surface area contributed by atoms with Crippen LogP contribution < -0.4 is 5.32 Å². The summed E-state index contributed by atoms with van der Waals surface area (Å²) < 4.78 is 0. The lowest BCUT2D eigenvalue weighted by molar-refractivity contribution is -0.140. The first-order valence-corrected chi connectivity index (χ1v) is 9.57. The number of amides is 2. The second-order valence-corrected chi connectivity index (χ2v) is 8.04. The number of aryl methyl sites for hydroxylation is 1. The number of likely N-dealkylation sites (tertiary alicyclic amines) is 1. The Bertz CT molecular complexity index is 853. The van der Waals surface area contributed by atoms with Gasteiger partial charge in [0.2, 0.25) is 5.91 Å². The van der Waals surface area contributed by atoms with Gasteiger partial charge in [-0.2, -0.15) is 15.4 Å². The molecule has 2 heterocycles. The highest BCUT2D eigenvalue weighted by Gasteiger charge is 2.52. The Morgan fingerprint density at radius 3 is 2.52 bits per heavy atom. The first-order chi connectivity index (χ1) is 13.0. The minimum Gasteiger partial charge on any atom is -0.353 e. The van der Waals surface area contributed by atoms with Crippen LogP contribution in [0.5, 0.6) is 0 Å². The highest BCUT2D eigenvalue weighted by molar-refractivity contribution is 6.30. The summed E-state index contributed by atoms with van der Waals surface area (Å²) in [6.45, 7) is 2.49. The third-order valence-corrected chi connectivity index (χ3v) is 5.83. The van der Waals surface area contributed by atoms with Crippen LogP contribution in [0, 0.1) is 12.3 Å². The third kappa shape index (κ3) is 3.43. The molecule has 1 aliphatic heterocycles. The summed E-state index contributed by atoms with van der Waals surface area (Å²) in [6, 6.07) is 7.80. The highest BCUT2D eigenvalue weighted by atomic mass is 35.5. The number of halogens is 1. The van der Waals surface area contributed by atoms with Crippen molar-refractivity contribution in [2.75, 3.05) is 13.1 Å². The molecular formula is C19H22ClN5O2. The molecule has 0 atom stereocenters. The van der Waals surface area contributed by atoms with Gasteiger partial charge in [-0.25, -0.2) is 0 Å². The van der Waals surface area contributed by atoms with E-state index >= 15 is 0 Å². The molecule has 7 nitrogen and oxygen atoms in total. The first-order valence-electron chi connectivity index (χ1n) is 9.19. The number of rotatable bonds is 5. The summed E-state index contributed by atoms with van der Waals surface area (Å²) >= 11 is 5.98. The number of nitrogens with one attached hydrogen (secondary N) is 2. The van der Waals surface area contributed by atoms with E-state index in [-0.39, 0.29) is 17.9 Å². The van der Waals surface area contributed by atoms with E-state index in [9.17, 15) is 9.59 Å². The maximum atomic E-state index is 13.0. The van der Waals surface area contributed by atoms with Crippen molar-refractivity contribution in [3.8, 4) is 0 Å². The SMILES string of the molecule is Cc1n[nH]nc1C(=O)N1CC(Cc2ccc(Cl)cc2)(C(=O)NC2CCC2)C1. The number of hydrogen-bond acceptors (Lipinski definition) is 4. The van der Waals surface area contributed by atoms with Gasteiger partial charge in [0.05, 0.1) is 11.1 Å². The molecule has 8 heteroatoms. The number of benzene rings is 1. The van der Waals surface area contributed by atoms with Gasteiger partial charge in [0.15, 0.2) is 5.69 Å². The Morgan fingerprint density at radius 2 is 1.96 bits per heavy atom. The molecule has 0 bridgehead atoms. The molecule has 1 aromatic heterocycles. The average Bonchev–Trinajstić information content (AvgIpc) is 3.01. The monoisotopic (exact) mass is 387 g/mol. The van der Waals surface area contributed by atoms with E-state index in [0.29, 0.717) is 35.9 Å². The van der Waals surface area contributed by atoms with E-state index in [1.165, 1.54) is 0 Å². The van der Waals surface area contributed by atoms with Gasteiger partial charge in [0, 0.05) is 24.2 Å². The van der Waals surface area contributed by atoms with Crippen LogP contribution in [0.3, 0.4) is 0 Å². The minimum absolute atomic E-state index is 0.0306. The minimum atomic E-state index is -0.614. The van der Waals surface area contributed by atoms with Crippen molar-refractivity contribution in [2.24, 2.45) is 5.41 Å². The van der Waals surface area contributed by atoms with Gasteiger partial charge in [-0.1, -0.05) is 23.7 Å². The molecule has 2 aliphatic rings. The Hall–Kier alpha value is -2.41. The molecule has 2 amide bonds. The van der Waals surface area contributed by atoms with Gasteiger partial charge >= 0.3 is 0 Å². The van der Waals surface area contributed by atoms with Crippen molar-refractivity contribution in [1.82, 2.24) is 25.6 Å². The molecule has 4 rings (SSSR count). The number of hydrogen-bond donors (Lipinski definition) is 2. The highest BCUT2D eigenvalue weighted by Crippen LogP contribution is 2.36. The van der Waals surface area contributed by atoms with Crippen LogP contribution in [0.4, 0.5) is 0 Å². The standard InChI is InChI=1S/C19H22ClN5O2/c1-12-16(23-24-22-12)17(26)25-10-19(11-25,18(27)21-15-3-2-4-15)9-13-5-7-14(20)8-6-13/h5-8,15H,2-4,9-11H2,1H3,(H,21,27)(H,22,23,24). The largest absolute Gasteiger partial charge is 0.353 e. The maximum absolute atomic E-state index is 13.0. The first kappa shape index (κ1) is 18.0. The Balaban J connectivity index is 1.51. The number of carbonyl (C=O) groups is 2. The van der Waals surface area contributed by atoms with Crippen LogP contribution in [0.25, 0.3) is 0 Å². The van der Waals surface area contributed by atoms with Crippen molar-refractivity contribution in [3.63, 3.8) is 0 Å². The van der Waals surface area contributed by atoms with Crippen molar-refractivity contribution >= 4 is 23.4 Å². The summed E-state index contributed by atoms with van der Waals surface area (Å²) in [5.74, 6) is -0.160. The molecule has 1 saturated heterocycles. The lowest BCUT2D eigenvalue weighted by Gasteiger charge is -2.49. The molecule has 2 N–H and O–H groups in total. The van der Waals surface area contributed by atoms with Gasteiger partial charge in [0.25, 0.3) is 5.91 Å². The number of nitrogens with zero attached hydrogens (tertiary/aromatic N) is 3. The van der Waals surface area contributed by atoms with Gasteiger partial charge in [-0.3, -0.25) is 9.59 Å². The normalized spacial score (nSPS) is 18.5. The Kier molecular flexibility index (Phi) is 4.63. The number of aromatic nitrogens is 3. The molecule has 0 unspecified atom stereocenters. The maximum Gasteiger partial charge on any atom is 0.276 e. The average molecular weight is 388 g/mol. The van der Waals surface area contributed by atoms with Crippen LogP contribution in [0.15, 0.2) is 24.3 Å². The summed E-state index contributed by atoms with van der Waals surface area (Å²) in [4.78, 5) is 27.4.